The number of nitrogens with zero attached hydrogens (tertiary/aromatic N) is 1. The molecule has 0 aromatic heterocycles. The van der Waals surface area contributed by atoms with Gasteiger partial charge in [0.2, 0.25) is 10.0 Å². The third kappa shape index (κ3) is 2.31. The standard InChI is InChI=1S/C11H16N2O3S/c1-16-11-8-9(12)4-5-10(11)13-6-2-3-7-17(13,14)15/h4-5,8H,2-3,6-7,12H2,1H3. The van der Waals surface area contributed by atoms with Crippen LogP contribution in [0.15, 0.2) is 18.2 Å². The van der Waals surface area contributed by atoms with Crippen molar-refractivity contribution in [2.45, 2.75) is 12.8 Å². The van der Waals surface area contributed by atoms with E-state index >= 15 is 0 Å². The third-order valence-electron chi connectivity index (χ3n) is 2.82. The Morgan fingerprint density at radius 1 is 1.35 bits per heavy atom. The van der Waals surface area contributed by atoms with E-state index in [1.165, 1.54) is 11.4 Å². The zero-order valence-corrected chi connectivity index (χ0v) is 10.5. The molecule has 1 heterocycles. The molecule has 0 aliphatic carbocycles. The molecule has 0 bridgehead atoms. The minimum Gasteiger partial charge on any atom is -0.494 e. The van der Waals surface area contributed by atoms with Crippen molar-refractivity contribution in [1.29, 1.82) is 0 Å². The van der Waals surface area contributed by atoms with E-state index in [2.05, 4.69) is 0 Å². The van der Waals surface area contributed by atoms with Gasteiger partial charge in [0, 0.05) is 18.3 Å². The van der Waals surface area contributed by atoms with E-state index < -0.39 is 10.0 Å². The number of nitrogen functional groups attached to an aromatic ring is 1. The number of rotatable bonds is 2. The van der Waals surface area contributed by atoms with Crippen molar-refractivity contribution in [2.24, 2.45) is 0 Å². The minimum absolute atomic E-state index is 0.195. The van der Waals surface area contributed by atoms with Crippen LogP contribution in [0.25, 0.3) is 0 Å². The number of hydrogen-bond acceptors (Lipinski definition) is 4. The number of anilines is 2. The summed E-state index contributed by atoms with van der Waals surface area (Å²) in [6.07, 6.45) is 1.59. The van der Waals surface area contributed by atoms with Gasteiger partial charge < -0.3 is 10.5 Å². The molecule has 2 N–H and O–H groups in total. The maximum Gasteiger partial charge on any atom is 0.235 e. The highest BCUT2D eigenvalue weighted by Crippen LogP contribution is 2.33. The van der Waals surface area contributed by atoms with Gasteiger partial charge in [-0.05, 0) is 25.0 Å². The molecule has 0 saturated carbocycles. The summed E-state index contributed by atoms with van der Waals surface area (Å²) in [6.45, 7) is 0.503. The Bertz CT molecular complexity index is 513. The van der Waals surface area contributed by atoms with Crippen molar-refractivity contribution < 1.29 is 13.2 Å². The van der Waals surface area contributed by atoms with E-state index in [1.54, 1.807) is 18.2 Å². The van der Waals surface area contributed by atoms with Crippen LogP contribution in [0.3, 0.4) is 0 Å². The van der Waals surface area contributed by atoms with Gasteiger partial charge in [0.25, 0.3) is 0 Å². The molecule has 94 valence electrons. The van der Waals surface area contributed by atoms with Crippen molar-refractivity contribution in [2.75, 3.05) is 29.4 Å². The second-order valence-corrected chi connectivity index (χ2v) is 6.04. The lowest BCUT2D eigenvalue weighted by Crippen LogP contribution is -2.38. The lowest BCUT2D eigenvalue weighted by molar-refractivity contribution is 0.415. The molecule has 1 fully saturated rings. The second kappa shape index (κ2) is 4.44. The Balaban J connectivity index is 2.45. The van der Waals surface area contributed by atoms with Crippen molar-refractivity contribution >= 4 is 21.4 Å². The molecule has 5 nitrogen and oxygen atoms in total. The zero-order valence-electron chi connectivity index (χ0n) is 9.72. The van der Waals surface area contributed by atoms with Crippen molar-refractivity contribution in [1.82, 2.24) is 0 Å². The van der Waals surface area contributed by atoms with Crippen LogP contribution >= 0.6 is 0 Å². The van der Waals surface area contributed by atoms with Crippen LogP contribution in [-0.4, -0.2) is 27.8 Å². The zero-order chi connectivity index (χ0) is 12.5. The van der Waals surface area contributed by atoms with E-state index in [-0.39, 0.29) is 5.75 Å². The van der Waals surface area contributed by atoms with Gasteiger partial charge in [-0.3, -0.25) is 4.31 Å². The molecule has 1 aliphatic rings. The van der Waals surface area contributed by atoms with Crippen molar-refractivity contribution in [3.63, 3.8) is 0 Å². The summed E-state index contributed by atoms with van der Waals surface area (Å²) >= 11 is 0. The van der Waals surface area contributed by atoms with Crippen LogP contribution < -0.4 is 14.8 Å². The Morgan fingerprint density at radius 2 is 2.12 bits per heavy atom. The monoisotopic (exact) mass is 256 g/mol. The summed E-state index contributed by atoms with van der Waals surface area (Å²) in [7, 11) is -1.70. The average molecular weight is 256 g/mol. The van der Waals surface area contributed by atoms with Gasteiger partial charge in [0.1, 0.15) is 5.75 Å². The highest BCUT2D eigenvalue weighted by Gasteiger charge is 2.28. The first-order chi connectivity index (χ1) is 8.04. The first-order valence-corrected chi connectivity index (χ1v) is 7.09. The predicted molar refractivity (Wildman–Crippen MR) is 67.8 cm³/mol. The van der Waals surface area contributed by atoms with Gasteiger partial charge in [-0.25, -0.2) is 8.42 Å². The first-order valence-electron chi connectivity index (χ1n) is 5.48. The molecule has 1 aliphatic heterocycles. The predicted octanol–water partition coefficient (Wildman–Crippen LogP) is 1.21. The molecule has 0 spiro atoms. The van der Waals surface area contributed by atoms with Crippen LogP contribution in [0.2, 0.25) is 0 Å². The number of sulfonamides is 1. The SMILES string of the molecule is COc1cc(N)ccc1N1CCCCS1(=O)=O. The molecule has 1 saturated heterocycles. The Hall–Kier alpha value is -1.43. The number of ether oxygens (including phenoxy) is 1. The van der Waals surface area contributed by atoms with Gasteiger partial charge in [0.15, 0.2) is 0 Å². The Morgan fingerprint density at radius 3 is 2.76 bits per heavy atom. The van der Waals surface area contributed by atoms with E-state index in [1.807, 2.05) is 0 Å². The average Bonchev–Trinajstić information content (AvgIpc) is 2.29. The fraction of sp³-hybridized carbons (Fsp3) is 0.455. The van der Waals surface area contributed by atoms with Gasteiger partial charge in [0.05, 0.1) is 18.6 Å². The summed E-state index contributed by atoms with van der Waals surface area (Å²) in [4.78, 5) is 0. The largest absolute Gasteiger partial charge is 0.494 e. The summed E-state index contributed by atoms with van der Waals surface area (Å²) in [5.74, 6) is 0.691. The van der Waals surface area contributed by atoms with Crippen LogP contribution in [0, 0.1) is 0 Å². The highest BCUT2D eigenvalue weighted by atomic mass is 32.2. The topological polar surface area (TPSA) is 72.6 Å². The number of nitrogens with two attached hydrogens (primary N) is 1. The molecule has 1 aromatic rings. The van der Waals surface area contributed by atoms with Crippen LogP contribution in [0.1, 0.15) is 12.8 Å². The number of hydrogen-bond donors (Lipinski definition) is 1. The molecule has 6 heteroatoms. The number of methoxy groups -OCH3 is 1. The summed E-state index contributed by atoms with van der Waals surface area (Å²) in [5.41, 5.74) is 6.78. The maximum absolute atomic E-state index is 12.0. The van der Waals surface area contributed by atoms with Gasteiger partial charge in [-0.1, -0.05) is 0 Å². The first kappa shape index (κ1) is 12.0. The fourth-order valence-corrected chi connectivity index (χ4v) is 3.61. The molecule has 0 unspecified atom stereocenters. The molecule has 1 aromatic carbocycles. The van der Waals surface area contributed by atoms with Crippen LogP contribution in [0.5, 0.6) is 5.75 Å². The van der Waals surface area contributed by atoms with Gasteiger partial charge >= 0.3 is 0 Å². The summed E-state index contributed by atoms with van der Waals surface area (Å²) in [5, 5.41) is 0. The van der Waals surface area contributed by atoms with E-state index in [9.17, 15) is 8.42 Å². The minimum atomic E-state index is -3.21. The smallest absolute Gasteiger partial charge is 0.235 e. The second-order valence-electron chi connectivity index (χ2n) is 4.03. The maximum atomic E-state index is 12.0. The van der Waals surface area contributed by atoms with Crippen molar-refractivity contribution in [3.8, 4) is 5.75 Å². The number of benzene rings is 1. The van der Waals surface area contributed by atoms with Gasteiger partial charge in [-0.15, -0.1) is 0 Å². The highest BCUT2D eigenvalue weighted by molar-refractivity contribution is 7.92. The Kier molecular flexibility index (Phi) is 3.15. The van der Waals surface area contributed by atoms with Crippen LogP contribution in [-0.2, 0) is 10.0 Å². The summed E-state index contributed by atoms with van der Waals surface area (Å²) < 4.78 is 30.5. The lowest BCUT2D eigenvalue weighted by Gasteiger charge is -2.29. The van der Waals surface area contributed by atoms with Crippen molar-refractivity contribution in [3.05, 3.63) is 18.2 Å². The Labute approximate surface area is 101 Å². The lowest BCUT2D eigenvalue weighted by atomic mass is 10.2. The van der Waals surface area contributed by atoms with Crippen LogP contribution in [0.4, 0.5) is 11.4 Å². The molecule has 17 heavy (non-hydrogen) atoms. The summed E-state index contributed by atoms with van der Waals surface area (Å²) in [6, 6.07) is 5.01. The fourth-order valence-electron chi connectivity index (χ4n) is 1.96. The molecule has 0 atom stereocenters. The van der Waals surface area contributed by atoms with E-state index in [0.29, 0.717) is 23.7 Å². The molecular formula is C11H16N2O3S. The van der Waals surface area contributed by atoms with Gasteiger partial charge in [-0.2, -0.15) is 0 Å². The molecular weight excluding hydrogens is 240 g/mol. The van der Waals surface area contributed by atoms with E-state index in [4.69, 9.17) is 10.5 Å². The molecule has 2 rings (SSSR count). The molecule has 0 radical (unpaired) electrons. The van der Waals surface area contributed by atoms with E-state index in [0.717, 1.165) is 12.8 Å². The quantitative estimate of drug-likeness (QED) is 0.807. The third-order valence-corrected chi connectivity index (χ3v) is 4.68. The normalized spacial score (nSPS) is 19.0. The molecule has 0 amide bonds.